The first-order chi connectivity index (χ1) is 10.1. The topological polar surface area (TPSA) is 44.4 Å². The zero-order valence-electron chi connectivity index (χ0n) is 12.2. The number of rotatable bonds is 5. The van der Waals surface area contributed by atoms with Crippen molar-refractivity contribution in [3.05, 3.63) is 34.6 Å². The third-order valence-electron chi connectivity index (χ3n) is 3.81. The summed E-state index contributed by atoms with van der Waals surface area (Å²) in [6.45, 7) is 2.90. The molecule has 1 heterocycles. The molecule has 116 valence electrons. The molecule has 1 amide bonds. The van der Waals surface area contributed by atoms with Crippen LogP contribution in [0, 0.1) is 5.82 Å². The lowest BCUT2D eigenvalue weighted by atomic mass is 10.0. The van der Waals surface area contributed by atoms with Crippen molar-refractivity contribution in [1.29, 1.82) is 0 Å². The van der Waals surface area contributed by atoms with Crippen LogP contribution in [0.15, 0.2) is 18.2 Å². The van der Waals surface area contributed by atoms with E-state index in [-0.39, 0.29) is 16.7 Å². The highest BCUT2D eigenvalue weighted by atomic mass is 35.5. The Morgan fingerprint density at radius 3 is 2.76 bits per heavy atom. The van der Waals surface area contributed by atoms with E-state index in [0.717, 1.165) is 31.5 Å². The van der Waals surface area contributed by atoms with Gasteiger partial charge in [0, 0.05) is 32.7 Å². The fourth-order valence-electron chi connectivity index (χ4n) is 2.49. The van der Waals surface area contributed by atoms with Gasteiger partial charge in [-0.05, 0) is 30.5 Å². The van der Waals surface area contributed by atoms with Crippen molar-refractivity contribution in [2.45, 2.75) is 25.4 Å². The first-order valence-corrected chi connectivity index (χ1v) is 7.56. The number of carbonyl (C=O) groups excluding carboxylic acids is 1. The van der Waals surface area contributed by atoms with Gasteiger partial charge in [-0.3, -0.25) is 9.69 Å². The third-order valence-corrected chi connectivity index (χ3v) is 4.12. The first kappa shape index (κ1) is 16.2. The Morgan fingerprint density at radius 2 is 2.14 bits per heavy atom. The predicted molar refractivity (Wildman–Crippen MR) is 81.8 cm³/mol. The summed E-state index contributed by atoms with van der Waals surface area (Å²) in [5, 5.41) is 6.23. The van der Waals surface area contributed by atoms with Crippen LogP contribution in [0.1, 0.15) is 18.4 Å². The summed E-state index contributed by atoms with van der Waals surface area (Å²) in [6.07, 6.45) is 1.99. The Morgan fingerprint density at radius 1 is 1.43 bits per heavy atom. The quantitative estimate of drug-likeness (QED) is 0.871. The molecule has 21 heavy (non-hydrogen) atoms. The third kappa shape index (κ3) is 4.95. The smallest absolute Gasteiger partial charge is 0.233 e. The van der Waals surface area contributed by atoms with Crippen LogP contribution in [-0.4, -0.2) is 43.5 Å². The van der Waals surface area contributed by atoms with Crippen LogP contribution < -0.4 is 10.6 Å². The molecule has 0 unspecified atom stereocenters. The number of piperidine rings is 1. The van der Waals surface area contributed by atoms with Crippen molar-refractivity contribution in [3.63, 3.8) is 0 Å². The van der Waals surface area contributed by atoms with Crippen LogP contribution in [0.2, 0.25) is 5.02 Å². The Kier molecular flexibility index (Phi) is 5.96. The van der Waals surface area contributed by atoms with E-state index >= 15 is 0 Å². The number of nitrogens with zero attached hydrogens (tertiary/aromatic N) is 1. The molecular weight excluding hydrogens is 293 g/mol. The van der Waals surface area contributed by atoms with Gasteiger partial charge < -0.3 is 10.6 Å². The van der Waals surface area contributed by atoms with E-state index in [0.29, 0.717) is 19.1 Å². The summed E-state index contributed by atoms with van der Waals surface area (Å²) in [5.74, 6) is -0.325. The van der Waals surface area contributed by atoms with E-state index < -0.39 is 0 Å². The van der Waals surface area contributed by atoms with Gasteiger partial charge in [-0.15, -0.1) is 0 Å². The molecule has 2 N–H and O–H groups in total. The summed E-state index contributed by atoms with van der Waals surface area (Å²) in [7, 11) is 1.65. The second kappa shape index (κ2) is 7.73. The lowest BCUT2D eigenvalue weighted by Crippen LogP contribution is -2.45. The standard InChI is InChI=1S/C15H21ClFN3O/c1-18-15(21)10-20-6-4-12(5-7-20)19-9-11-2-3-13(16)14(17)8-11/h2-3,8,12,19H,4-7,9-10H2,1H3,(H,18,21). The SMILES string of the molecule is CNC(=O)CN1CCC(NCc2ccc(Cl)c(F)c2)CC1. The number of likely N-dealkylation sites (N-methyl/N-ethyl adjacent to an activating group) is 1. The maximum absolute atomic E-state index is 13.3. The number of hydrogen-bond donors (Lipinski definition) is 2. The Labute approximate surface area is 129 Å². The van der Waals surface area contributed by atoms with Crippen molar-refractivity contribution in [1.82, 2.24) is 15.5 Å². The molecule has 0 aliphatic carbocycles. The van der Waals surface area contributed by atoms with Gasteiger partial charge in [0.15, 0.2) is 0 Å². The van der Waals surface area contributed by atoms with Crippen molar-refractivity contribution in [2.75, 3.05) is 26.7 Å². The predicted octanol–water partition coefficient (Wildman–Crippen LogP) is 1.78. The number of halogens is 2. The molecule has 0 spiro atoms. The number of likely N-dealkylation sites (tertiary alicyclic amines) is 1. The number of hydrogen-bond acceptors (Lipinski definition) is 3. The molecule has 1 fully saturated rings. The molecule has 1 saturated heterocycles. The molecule has 0 saturated carbocycles. The van der Waals surface area contributed by atoms with Gasteiger partial charge in [-0.2, -0.15) is 0 Å². The summed E-state index contributed by atoms with van der Waals surface area (Å²) in [4.78, 5) is 13.5. The monoisotopic (exact) mass is 313 g/mol. The van der Waals surface area contributed by atoms with Crippen molar-refractivity contribution >= 4 is 17.5 Å². The van der Waals surface area contributed by atoms with Gasteiger partial charge in [0.25, 0.3) is 0 Å². The van der Waals surface area contributed by atoms with Gasteiger partial charge in [-0.25, -0.2) is 4.39 Å². The fraction of sp³-hybridized carbons (Fsp3) is 0.533. The minimum atomic E-state index is -0.378. The summed E-state index contributed by atoms with van der Waals surface area (Å²) >= 11 is 5.67. The van der Waals surface area contributed by atoms with Crippen LogP contribution in [0.4, 0.5) is 4.39 Å². The van der Waals surface area contributed by atoms with Crippen molar-refractivity contribution in [3.8, 4) is 0 Å². The largest absolute Gasteiger partial charge is 0.358 e. The molecule has 6 heteroatoms. The molecule has 1 aromatic rings. The molecule has 0 atom stereocenters. The van der Waals surface area contributed by atoms with Crippen molar-refractivity contribution in [2.24, 2.45) is 0 Å². The molecule has 1 aromatic carbocycles. The second-order valence-corrected chi connectivity index (χ2v) is 5.76. The molecule has 0 radical (unpaired) electrons. The van der Waals surface area contributed by atoms with E-state index in [2.05, 4.69) is 15.5 Å². The summed E-state index contributed by atoms with van der Waals surface area (Å²) in [6, 6.07) is 5.29. The zero-order chi connectivity index (χ0) is 15.2. The molecule has 1 aliphatic rings. The van der Waals surface area contributed by atoms with E-state index in [1.54, 1.807) is 13.1 Å². The Balaban J connectivity index is 1.73. The van der Waals surface area contributed by atoms with Crippen LogP contribution >= 0.6 is 11.6 Å². The van der Waals surface area contributed by atoms with Gasteiger partial charge in [0.05, 0.1) is 11.6 Å². The zero-order valence-corrected chi connectivity index (χ0v) is 12.9. The first-order valence-electron chi connectivity index (χ1n) is 7.18. The summed E-state index contributed by atoms with van der Waals surface area (Å²) < 4.78 is 13.3. The number of amides is 1. The molecule has 0 aromatic heterocycles. The van der Waals surface area contributed by atoms with Gasteiger partial charge in [0.1, 0.15) is 5.82 Å². The van der Waals surface area contributed by atoms with Crippen LogP contribution in [0.5, 0.6) is 0 Å². The average Bonchev–Trinajstić information content (AvgIpc) is 2.50. The highest BCUT2D eigenvalue weighted by molar-refractivity contribution is 6.30. The minimum Gasteiger partial charge on any atom is -0.358 e. The lowest BCUT2D eigenvalue weighted by molar-refractivity contribution is -0.122. The molecule has 4 nitrogen and oxygen atoms in total. The van der Waals surface area contributed by atoms with Crippen LogP contribution in [-0.2, 0) is 11.3 Å². The van der Waals surface area contributed by atoms with Gasteiger partial charge in [-0.1, -0.05) is 17.7 Å². The van der Waals surface area contributed by atoms with Crippen molar-refractivity contribution < 1.29 is 9.18 Å². The molecule has 2 rings (SSSR count). The van der Waals surface area contributed by atoms with Gasteiger partial charge in [0.2, 0.25) is 5.91 Å². The normalized spacial score (nSPS) is 16.9. The lowest BCUT2D eigenvalue weighted by Gasteiger charge is -2.31. The van der Waals surface area contributed by atoms with Gasteiger partial charge >= 0.3 is 0 Å². The Hall–Kier alpha value is -1.17. The minimum absolute atomic E-state index is 0.0537. The highest BCUT2D eigenvalue weighted by Crippen LogP contribution is 2.16. The maximum atomic E-state index is 13.3. The fourth-order valence-corrected chi connectivity index (χ4v) is 2.61. The number of nitrogens with one attached hydrogen (secondary N) is 2. The summed E-state index contributed by atoms with van der Waals surface area (Å²) in [5.41, 5.74) is 0.893. The molecule has 0 bridgehead atoms. The van der Waals surface area contributed by atoms with Crippen LogP contribution in [0.3, 0.4) is 0 Å². The van der Waals surface area contributed by atoms with Crippen LogP contribution in [0.25, 0.3) is 0 Å². The van der Waals surface area contributed by atoms with E-state index in [1.165, 1.54) is 6.07 Å². The Bertz CT molecular complexity index is 490. The number of carbonyl (C=O) groups is 1. The highest BCUT2D eigenvalue weighted by Gasteiger charge is 2.20. The average molecular weight is 314 g/mol. The maximum Gasteiger partial charge on any atom is 0.233 e. The molecule has 1 aliphatic heterocycles. The van der Waals surface area contributed by atoms with E-state index in [4.69, 9.17) is 11.6 Å². The second-order valence-electron chi connectivity index (χ2n) is 5.35. The molecular formula is C15H21ClFN3O. The number of benzene rings is 1. The van der Waals surface area contributed by atoms with E-state index in [1.807, 2.05) is 6.07 Å². The van der Waals surface area contributed by atoms with E-state index in [9.17, 15) is 9.18 Å².